The summed E-state index contributed by atoms with van der Waals surface area (Å²) in [6, 6.07) is 7.76. The summed E-state index contributed by atoms with van der Waals surface area (Å²) in [6.07, 6.45) is 4.26. The van der Waals surface area contributed by atoms with E-state index in [2.05, 4.69) is 10.1 Å². The summed E-state index contributed by atoms with van der Waals surface area (Å²) in [6.45, 7) is 1.39. The molecule has 1 aliphatic rings. The molecule has 3 aromatic rings. The van der Waals surface area contributed by atoms with Crippen LogP contribution in [0.15, 0.2) is 36.7 Å². The monoisotopic (exact) mass is 321 g/mol. The number of nitriles is 1. The lowest BCUT2D eigenvalue weighted by Crippen LogP contribution is -2.42. The van der Waals surface area contributed by atoms with Gasteiger partial charge < -0.3 is 4.90 Å². The van der Waals surface area contributed by atoms with Gasteiger partial charge in [-0.2, -0.15) is 10.4 Å². The summed E-state index contributed by atoms with van der Waals surface area (Å²) in [5.41, 5.74) is 1.64. The highest BCUT2D eigenvalue weighted by molar-refractivity contribution is 6.03. The van der Waals surface area contributed by atoms with Gasteiger partial charge in [-0.25, -0.2) is 13.9 Å². The van der Waals surface area contributed by atoms with Gasteiger partial charge in [-0.05, 0) is 30.2 Å². The summed E-state index contributed by atoms with van der Waals surface area (Å²) in [5, 5.41) is 13.2. The van der Waals surface area contributed by atoms with E-state index < -0.39 is 5.82 Å². The third-order valence-electron chi connectivity index (χ3n) is 4.12. The minimum atomic E-state index is -0.632. The van der Waals surface area contributed by atoms with E-state index in [9.17, 15) is 9.18 Å². The van der Waals surface area contributed by atoms with Gasteiger partial charge in [-0.15, -0.1) is 0 Å². The SMILES string of the molecule is N#Cc1ccc(-c2c(C(=O)N3CCC3)nn3cccnc23)cc1F. The van der Waals surface area contributed by atoms with Crippen molar-refractivity contribution in [3.8, 4) is 17.2 Å². The first-order valence-corrected chi connectivity index (χ1v) is 7.51. The molecule has 1 aromatic carbocycles. The number of carbonyl (C=O) groups excluding carboxylic acids is 1. The first-order chi connectivity index (χ1) is 11.7. The summed E-state index contributed by atoms with van der Waals surface area (Å²) in [5.74, 6) is -0.820. The van der Waals surface area contributed by atoms with Gasteiger partial charge >= 0.3 is 0 Å². The molecule has 1 fully saturated rings. The molecule has 0 N–H and O–H groups in total. The highest BCUT2D eigenvalue weighted by Gasteiger charge is 2.29. The Kier molecular flexibility index (Phi) is 3.24. The molecule has 0 aliphatic carbocycles. The van der Waals surface area contributed by atoms with E-state index in [0.29, 0.717) is 29.9 Å². The number of halogens is 1. The van der Waals surface area contributed by atoms with Crippen molar-refractivity contribution in [3.05, 3.63) is 53.7 Å². The number of amides is 1. The highest BCUT2D eigenvalue weighted by Crippen LogP contribution is 2.30. The molecule has 0 spiro atoms. The van der Waals surface area contributed by atoms with Crippen LogP contribution in [-0.4, -0.2) is 38.5 Å². The summed E-state index contributed by atoms with van der Waals surface area (Å²) >= 11 is 0. The van der Waals surface area contributed by atoms with Crippen molar-refractivity contribution in [2.75, 3.05) is 13.1 Å². The molecule has 0 bridgehead atoms. The van der Waals surface area contributed by atoms with Crippen molar-refractivity contribution >= 4 is 11.6 Å². The van der Waals surface area contributed by atoms with Crippen LogP contribution in [-0.2, 0) is 0 Å². The van der Waals surface area contributed by atoms with Gasteiger partial charge in [-0.1, -0.05) is 6.07 Å². The van der Waals surface area contributed by atoms with Crippen LogP contribution in [0.5, 0.6) is 0 Å². The van der Waals surface area contributed by atoms with Crippen molar-refractivity contribution in [1.29, 1.82) is 5.26 Å². The number of aromatic nitrogens is 3. The number of carbonyl (C=O) groups is 1. The maximum atomic E-state index is 14.0. The molecule has 0 saturated carbocycles. The van der Waals surface area contributed by atoms with E-state index in [-0.39, 0.29) is 17.2 Å². The fraction of sp³-hybridized carbons (Fsp3) is 0.176. The molecule has 4 rings (SSSR count). The maximum absolute atomic E-state index is 14.0. The first kappa shape index (κ1) is 14.3. The van der Waals surface area contributed by atoms with Crippen LogP contribution in [0.3, 0.4) is 0 Å². The molecule has 1 saturated heterocycles. The average Bonchev–Trinajstić information content (AvgIpc) is 2.92. The van der Waals surface area contributed by atoms with Gasteiger partial charge in [0.15, 0.2) is 11.3 Å². The zero-order valence-corrected chi connectivity index (χ0v) is 12.6. The van der Waals surface area contributed by atoms with E-state index in [4.69, 9.17) is 5.26 Å². The van der Waals surface area contributed by atoms with Crippen LogP contribution in [0.2, 0.25) is 0 Å². The third kappa shape index (κ3) is 2.12. The second kappa shape index (κ2) is 5.42. The standard InChI is InChI=1S/C17H12FN5O/c18-13-9-11(3-4-12(13)10-19)14-15(17(24)22-6-2-7-22)21-23-8-1-5-20-16(14)23/h1,3-5,8-9H,2,6-7H2. The van der Waals surface area contributed by atoms with Crippen LogP contribution in [0.1, 0.15) is 22.5 Å². The molecule has 0 radical (unpaired) electrons. The fourth-order valence-corrected chi connectivity index (χ4v) is 2.73. The number of benzene rings is 1. The highest BCUT2D eigenvalue weighted by atomic mass is 19.1. The Hall–Kier alpha value is -3.27. The minimum Gasteiger partial charge on any atom is -0.337 e. The third-order valence-corrected chi connectivity index (χ3v) is 4.12. The predicted octanol–water partition coefficient (Wildman–Crippen LogP) is 2.25. The van der Waals surface area contributed by atoms with Crippen LogP contribution in [0.25, 0.3) is 16.8 Å². The first-order valence-electron chi connectivity index (χ1n) is 7.51. The molecule has 0 atom stereocenters. The quantitative estimate of drug-likeness (QED) is 0.725. The van der Waals surface area contributed by atoms with Crippen LogP contribution >= 0.6 is 0 Å². The van der Waals surface area contributed by atoms with E-state index in [1.165, 1.54) is 16.6 Å². The number of hydrogen-bond donors (Lipinski definition) is 0. The van der Waals surface area contributed by atoms with Crippen LogP contribution in [0.4, 0.5) is 4.39 Å². The van der Waals surface area contributed by atoms with Crippen molar-refractivity contribution in [3.63, 3.8) is 0 Å². The molecule has 3 heterocycles. The van der Waals surface area contributed by atoms with Crippen molar-refractivity contribution in [1.82, 2.24) is 19.5 Å². The van der Waals surface area contributed by atoms with Gasteiger partial charge in [0.1, 0.15) is 11.9 Å². The smallest absolute Gasteiger partial charge is 0.275 e. The Morgan fingerprint density at radius 2 is 2.17 bits per heavy atom. The van der Waals surface area contributed by atoms with Gasteiger partial charge in [0.2, 0.25) is 0 Å². The molecule has 2 aromatic heterocycles. The molecule has 1 amide bonds. The van der Waals surface area contributed by atoms with Crippen molar-refractivity contribution in [2.45, 2.75) is 6.42 Å². The Balaban J connectivity index is 1.94. The Bertz CT molecular complexity index is 1000. The predicted molar refractivity (Wildman–Crippen MR) is 83.6 cm³/mol. The van der Waals surface area contributed by atoms with Gasteiger partial charge in [0.05, 0.1) is 11.1 Å². The van der Waals surface area contributed by atoms with E-state index >= 15 is 0 Å². The fourth-order valence-electron chi connectivity index (χ4n) is 2.73. The second-order valence-corrected chi connectivity index (χ2v) is 5.56. The minimum absolute atomic E-state index is 0.0428. The Morgan fingerprint density at radius 1 is 1.33 bits per heavy atom. The number of fused-ring (bicyclic) bond motifs is 1. The van der Waals surface area contributed by atoms with Gasteiger partial charge in [0, 0.05) is 25.5 Å². The van der Waals surface area contributed by atoms with Crippen LogP contribution in [0, 0.1) is 17.1 Å². The average molecular weight is 321 g/mol. The normalized spacial score (nSPS) is 13.6. The Labute approximate surface area is 136 Å². The number of hydrogen-bond acceptors (Lipinski definition) is 4. The zero-order chi connectivity index (χ0) is 16.7. The summed E-state index contributed by atoms with van der Waals surface area (Å²) < 4.78 is 15.6. The maximum Gasteiger partial charge on any atom is 0.275 e. The van der Waals surface area contributed by atoms with E-state index in [1.54, 1.807) is 35.5 Å². The van der Waals surface area contributed by atoms with E-state index in [1.807, 2.05) is 0 Å². The molecule has 24 heavy (non-hydrogen) atoms. The lowest BCUT2D eigenvalue weighted by molar-refractivity contribution is 0.0646. The van der Waals surface area contributed by atoms with Gasteiger partial charge in [-0.3, -0.25) is 4.79 Å². The van der Waals surface area contributed by atoms with Crippen molar-refractivity contribution in [2.24, 2.45) is 0 Å². The van der Waals surface area contributed by atoms with Gasteiger partial charge in [0.25, 0.3) is 5.91 Å². The number of rotatable bonds is 2. The molecular formula is C17H12FN5O. The molecule has 118 valence electrons. The molecule has 6 nitrogen and oxygen atoms in total. The molecule has 1 aliphatic heterocycles. The Morgan fingerprint density at radius 3 is 2.83 bits per heavy atom. The largest absolute Gasteiger partial charge is 0.337 e. The summed E-state index contributed by atoms with van der Waals surface area (Å²) in [7, 11) is 0. The topological polar surface area (TPSA) is 74.3 Å². The molecule has 7 heteroatoms. The lowest BCUT2D eigenvalue weighted by Gasteiger charge is -2.30. The number of nitrogens with zero attached hydrogens (tertiary/aromatic N) is 5. The van der Waals surface area contributed by atoms with E-state index in [0.717, 1.165) is 6.42 Å². The molecule has 0 unspecified atom stereocenters. The lowest BCUT2D eigenvalue weighted by atomic mass is 10.0. The second-order valence-electron chi connectivity index (χ2n) is 5.56. The van der Waals surface area contributed by atoms with Crippen molar-refractivity contribution < 1.29 is 9.18 Å². The summed E-state index contributed by atoms with van der Waals surface area (Å²) in [4.78, 5) is 18.7. The molecular weight excluding hydrogens is 309 g/mol. The zero-order valence-electron chi connectivity index (χ0n) is 12.6. The van der Waals surface area contributed by atoms with Crippen LogP contribution < -0.4 is 0 Å². The number of likely N-dealkylation sites (tertiary alicyclic amines) is 1.